The Hall–Kier alpha value is -1.87. The molecule has 0 fully saturated rings. The fraction of sp³-hybridized carbons (Fsp3) is 0. The van der Waals surface area contributed by atoms with Gasteiger partial charge in [-0.05, 0) is 24.3 Å². The molecule has 1 radical (unpaired) electrons. The smallest absolute Gasteiger partial charge is 0.188 e. The Kier molecular flexibility index (Phi) is 2.11. The van der Waals surface area contributed by atoms with Gasteiger partial charge in [-0.1, -0.05) is 24.3 Å². The number of nitrogens with zero attached hydrogens (tertiary/aromatic N) is 1. The average molecular weight is 226 g/mol. The minimum Gasteiger partial charge on any atom is -0.289 e. The molecule has 3 aromatic rings. The van der Waals surface area contributed by atoms with E-state index in [9.17, 15) is 5.11 Å². The third-order valence-electron chi connectivity index (χ3n) is 2.41. The van der Waals surface area contributed by atoms with Crippen LogP contribution < -0.4 is 0 Å². The van der Waals surface area contributed by atoms with Crippen LogP contribution in [-0.2, 0) is 5.11 Å². The molecule has 0 unspecified atom stereocenters. The van der Waals surface area contributed by atoms with Gasteiger partial charge >= 0.3 is 0 Å². The van der Waals surface area contributed by atoms with Crippen LogP contribution in [0, 0.1) is 0 Å². The van der Waals surface area contributed by atoms with Crippen molar-refractivity contribution in [1.82, 2.24) is 4.98 Å². The van der Waals surface area contributed by atoms with Crippen LogP contribution >= 0.6 is 11.3 Å². The lowest BCUT2D eigenvalue weighted by Crippen LogP contribution is -1.75. The molecule has 0 amide bonds. The van der Waals surface area contributed by atoms with E-state index in [1.807, 2.05) is 36.4 Å². The molecular formula is C13H8NOS. The predicted octanol–water partition coefficient (Wildman–Crippen LogP) is 4.11. The van der Waals surface area contributed by atoms with Crippen molar-refractivity contribution in [2.45, 2.75) is 0 Å². The molecule has 0 atom stereocenters. The van der Waals surface area contributed by atoms with Crippen LogP contribution in [0.2, 0.25) is 0 Å². The third kappa shape index (κ3) is 1.46. The van der Waals surface area contributed by atoms with Gasteiger partial charge in [-0.3, -0.25) is 5.11 Å². The number of fused-ring (bicyclic) bond motifs is 1. The molecule has 0 aliphatic heterocycles. The number of benzene rings is 2. The lowest BCUT2D eigenvalue weighted by molar-refractivity contribution is 0.356. The summed E-state index contributed by atoms with van der Waals surface area (Å²) in [6.07, 6.45) is 0. The van der Waals surface area contributed by atoms with E-state index in [2.05, 4.69) is 4.98 Å². The van der Waals surface area contributed by atoms with E-state index in [0.29, 0.717) is 5.56 Å². The van der Waals surface area contributed by atoms with Crippen LogP contribution in [0.1, 0.15) is 0 Å². The fourth-order valence-electron chi connectivity index (χ4n) is 1.63. The standard InChI is InChI=1S/C13H8NOS/c15-11-7-3-1-5-9(11)13-14-10-6-2-4-8-12(10)16-13/h1-8H. The maximum atomic E-state index is 11.7. The highest BCUT2D eigenvalue weighted by Crippen LogP contribution is 2.34. The molecule has 1 heterocycles. The maximum Gasteiger partial charge on any atom is 0.188 e. The van der Waals surface area contributed by atoms with Gasteiger partial charge in [-0.25, -0.2) is 4.98 Å². The number of aromatic nitrogens is 1. The van der Waals surface area contributed by atoms with Crippen molar-refractivity contribution in [3.8, 4) is 16.3 Å². The van der Waals surface area contributed by atoms with Crippen molar-refractivity contribution < 1.29 is 5.11 Å². The minimum atomic E-state index is 0.0292. The van der Waals surface area contributed by atoms with Crippen molar-refractivity contribution in [2.24, 2.45) is 0 Å². The first kappa shape index (κ1) is 9.36. The van der Waals surface area contributed by atoms with Gasteiger partial charge in [0.15, 0.2) is 5.75 Å². The molecule has 1 aromatic heterocycles. The molecule has 16 heavy (non-hydrogen) atoms. The van der Waals surface area contributed by atoms with Crippen LogP contribution in [0.15, 0.2) is 48.5 Å². The summed E-state index contributed by atoms with van der Waals surface area (Å²) in [6, 6.07) is 14.9. The first-order chi connectivity index (χ1) is 7.84. The summed E-state index contributed by atoms with van der Waals surface area (Å²) in [5, 5.41) is 12.5. The van der Waals surface area contributed by atoms with Crippen LogP contribution in [0.5, 0.6) is 5.75 Å². The average Bonchev–Trinajstić information content (AvgIpc) is 2.73. The molecular weight excluding hydrogens is 218 g/mol. The zero-order valence-corrected chi connectivity index (χ0v) is 9.20. The Morgan fingerprint density at radius 2 is 1.69 bits per heavy atom. The van der Waals surface area contributed by atoms with Crippen molar-refractivity contribution in [2.75, 3.05) is 0 Å². The SMILES string of the molecule is [O]c1ccccc1-c1nc2ccccc2s1. The minimum absolute atomic E-state index is 0.0292. The second kappa shape index (κ2) is 3.61. The first-order valence-corrected chi connectivity index (χ1v) is 5.78. The lowest BCUT2D eigenvalue weighted by Gasteiger charge is -1.95. The van der Waals surface area contributed by atoms with Gasteiger partial charge in [-0.2, -0.15) is 0 Å². The molecule has 3 heteroatoms. The summed E-state index contributed by atoms with van der Waals surface area (Å²) in [5.74, 6) is 0.0292. The van der Waals surface area contributed by atoms with Gasteiger partial charge in [0.2, 0.25) is 0 Å². The highest BCUT2D eigenvalue weighted by atomic mass is 32.1. The normalized spacial score (nSPS) is 10.8. The quantitative estimate of drug-likeness (QED) is 0.614. The van der Waals surface area contributed by atoms with Crippen molar-refractivity contribution >= 4 is 21.6 Å². The Morgan fingerprint density at radius 3 is 2.50 bits per heavy atom. The molecule has 0 bridgehead atoms. The van der Waals surface area contributed by atoms with Crippen LogP contribution in [-0.4, -0.2) is 4.98 Å². The highest BCUT2D eigenvalue weighted by molar-refractivity contribution is 7.21. The number of thiazole rings is 1. The van der Waals surface area contributed by atoms with Gasteiger partial charge in [-0.15, -0.1) is 11.3 Å². The van der Waals surface area contributed by atoms with Gasteiger partial charge in [0.05, 0.1) is 15.8 Å². The molecule has 0 aliphatic carbocycles. The van der Waals surface area contributed by atoms with E-state index in [1.165, 1.54) is 0 Å². The summed E-state index contributed by atoms with van der Waals surface area (Å²) in [7, 11) is 0. The van der Waals surface area contributed by atoms with Crippen LogP contribution in [0.25, 0.3) is 20.8 Å². The monoisotopic (exact) mass is 226 g/mol. The Labute approximate surface area is 96.8 Å². The van der Waals surface area contributed by atoms with Gasteiger partial charge in [0.25, 0.3) is 0 Å². The van der Waals surface area contributed by atoms with E-state index < -0.39 is 0 Å². The van der Waals surface area contributed by atoms with E-state index in [1.54, 1.807) is 23.5 Å². The largest absolute Gasteiger partial charge is 0.289 e. The molecule has 2 nitrogen and oxygen atoms in total. The van der Waals surface area contributed by atoms with Gasteiger partial charge in [0.1, 0.15) is 5.01 Å². The number of para-hydroxylation sites is 2. The van der Waals surface area contributed by atoms with E-state index >= 15 is 0 Å². The molecule has 0 aliphatic rings. The highest BCUT2D eigenvalue weighted by Gasteiger charge is 2.09. The first-order valence-electron chi connectivity index (χ1n) is 4.96. The molecule has 77 valence electrons. The molecule has 0 saturated heterocycles. The zero-order valence-electron chi connectivity index (χ0n) is 8.38. The third-order valence-corrected chi connectivity index (χ3v) is 3.48. The molecule has 0 saturated carbocycles. The summed E-state index contributed by atoms with van der Waals surface area (Å²) in [6.45, 7) is 0. The maximum absolute atomic E-state index is 11.7. The van der Waals surface area contributed by atoms with E-state index in [0.717, 1.165) is 15.2 Å². The second-order valence-electron chi connectivity index (χ2n) is 3.48. The molecule has 0 N–H and O–H groups in total. The summed E-state index contributed by atoms with van der Waals surface area (Å²) in [4.78, 5) is 4.46. The molecule has 2 aromatic carbocycles. The van der Waals surface area contributed by atoms with Gasteiger partial charge in [0, 0.05) is 0 Å². The lowest BCUT2D eigenvalue weighted by atomic mass is 10.2. The van der Waals surface area contributed by atoms with Crippen molar-refractivity contribution in [3.05, 3.63) is 48.5 Å². The summed E-state index contributed by atoms with van der Waals surface area (Å²) >= 11 is 1.55. The van der Waals surface area contributed by atoms with E-state index in [4.69, 9.17) is 0 Å². The summed E-state index contributed by atoms with van der Waals surface area (Å²) < 4.78 is 1.11. The summed E-state index contributed by atoms with van der Waals surface area (Å²) in [5.41, 5.74) is 1.63. The molecule has 0 spiro atoms. The fourth-order valence-corrected chi connectivity index (χ4v) is 2.63. The Balaban J connectivity index is 2.23. The topological polar surface area (TPSA) is 32.8 Å². The van der Waals surface area contributed by atoms with Gasteiger partial charge < -0.3 is 0 Å². The second-order valence-corrected chi connectivity index (χ2v) is 4.51. The number of hydrogen-bond acceptors (Lipinski definition) is 2. The Bertz CT molecular complexity index is 612. The predicted molar refractivity (Wildman–Crippen MR) is 65.2 cm³/mol. The van der Waals surface area contributed by atoms with Crippen molar-refractivity contribution in [1.29, 1.82) is 0 Å². The van der Waals surface area contributed by atoms with E-state index in [-0.39, 0.29) is 5.75 Å². The van der Waals surface area contributed by atoms with Crippen LogP contribution in [0.3, 0.4) is 0 Å². The Morgan fingerprint density at radius 1 is 0.938 bits per heavy atom. The zero-order chi connectivity index (χ0) is 11.0. The number of rotatable bonds is 1. The van der Waals surface area contributed by atoms with Crippen molar-refractivity contribution in [3.63, 3.8) is 0 Å². The molecule has 3 rings (SSSR count). The number of hydrogen-bond donors (Lipinski definition) is 0. The van der Waals surface area contributed by atoms with Crippen LogP contribution in [0.4, 0.5) is 0 Å².